The van der Waals surface area contributed by atoms with Crippen LogP contribution in [0.5, 0.6) is 0 Å². The van der Waals surface area contributed by atoms with Gasteiger partial charge in [-0.3, -0.25) is 14.7 Å². The lowest BCUT2D eigenvalue weighted by atomic mass is 10.1. The first kappa shape index (κ1) is 16.7. The minimum Gasteiger partial charge on any atom is -0.351 e. The molecule has 0 aliphatic carbocycles. The molecule has 7 heteroatoms. The number of nitrogens with one attached hydrogen (secondary N) is 2. The monoisotopic (exact) mass is 356 g/mol. The SMILES string of the molecule is O=C(NCc1ccc(-n2cnc3ccccc32)cc1)C1CC(F)(F)CN1. The van der Waals surface area contributed by atoms with Gasteiger partial charge in [0.05, 0.1) is 23.6 Å². The van der Waals surface area contributed by atoms with Crippen LogP contribution < -0.4 is 10.6 Å². The van der Waals surface area contributed by atoms with E-state index in [0.29, 0.717) is 6.54 Å². The smallest absolute Gasteiger partial charge is 0.262 e. The predicted octanol–water partition coefficient (Wildman–Crippen LogP) is 2.64. The van der Waals surface area contributed by atoms with E-state index in [2.05, 4.69) is 15.6 Å². The van der Waals surface area contributed by atoms with Gasteiger partial charge in [0.2, 0.25) is 5.91 Å². The molecule has 1 fully saturated rings. The lowest BCUT2D eigenvalue weighted by molar-refractivity contribution is -0.123. The van der Waals surface area contributed by atoms with Crippen LogP contribution in [0.1, 0.15) is 12.0 Å². The van der Waals surface area contributed by atoms with Gasteiger partial charge < -0.3 is 5.32 Å². The number of fused-ring (bicyclic) bond motifs is 1. The Kier molecular flexibility index (Phi) is 4.16. The van der Waals surface area contributed by atoms with Crippen molar-refractivity contribution < 1.29 is 13.6 Å². The van der Waals surface area contributed by atoms with E-state index in [1.54, 1.807) is 6.33 Å². The first-order chi connectivity index (χ1) is 12.5. The fraction of sp³-hybridized carbons (Fsp3) is 0.263. The number of amides is 1. The van der Waals surface area contributed by atoms with E-state index in [-0.39, 0.29) is 0 Å². The maximum absolute atomic E-state index is 13.2. The molecule has 1 aliphatic heterocycles. The highest BCUT2D eigenvalue weighted by molar-refractivity contribution is 5.82. The third-order valence-corrected chi connectivity index (χ3v) is 4.56. The zero-order valence-electron chi connectivity index (χ0n) is 14.0. The van der Waals surface area contributed by atoms with Crippen molar-refractivity contribution in [2.45, 2.75) is 24.9 Å². The molecular formula is C19H18F2N4O. The number of hydrogen-bond acceptors (Lipinski definition) is 3. The van der Waals surface area contributed by atoms with Gasteiger partial charge in [0.25, 0.3) is 5.92 Å². The van der Waals surface area contributed by atoms with Crippen LogP contribution in [0, 0.1) is 0 Å². The van der Waals surface area contributed by atoms with E-state index >= 15 is 0 Å². The molecule has 0 saturated carbocycles. The number of benzene rings is 2. The standard InChI is InChI=1S/C19H18F2N4O/c20-19(21)9-16(23-11-19)18(26)22-10-13-5-7-14(8-6-13)25-12-24-15-3-1-2-4-17(15)25/h1-8,12,16,23H,9-11H2,(H,22,26). The molecule has 2 heterocycles. The van der Waals surface area contributed by atoms with E-state index in [1.165, 1.54) is 0 Å². The van der Waals surface area contributed by atoms with Crippen LogP contribution in [0.3, 0.4) is 0 Å². The average Bonchev–Trinajstić information content (AvgIpc) is 3.23. The molecule has 4 rings (SSSR count). The minimum atomic E-state index is -2.81. The summed E-state index contributed by atoms with van der Waals surface area (Å²) in [6, 6.07) is 14.7. The Hall–Kier alpha value is -2.80. The molecule has 1 aliphatic rings. The number of para-hydroxylation sites is 2. The Balaban J connectivity index is 1.41. The van der Waals surface area contributed by atoms with Crippen LogP contribution in [-0.2, 0) is 11.3 Å². The van der Waals surface area contributed by atoms with Crippen molar-refractivity contribution in [3.63, 3.8) is 0 Å². The zero-order valence-corrected chi connectivity index (χ0v) is 14.0. The third kappa shape index (κ3) is 3.30. The Labute approximate surface area is 149 Å². The lowest BCUT2D eigenvalue weighted by Crippen LogP contribution is -2.40. The summed E-state index contributed by atoms with van der Waals surface area (Å²) in [6.45, 7) is -0.147. The first-order valence-corrected chi connectivity index (χ1v) is 8.42. The van der Waals surface area contributed by atoms with E-state index in [0.717, 1.165) is 22.3 Å². The molecule has 1 atom stereocenters. The van der Waals surface area contributed by atoms with Crippen LogP contribution in [-0.4, -0.2) is 34.0 Å². The summed E-state index contributed by atoms with van der Waals surface area (Å²) in [6.07, 6.45) is 1.32. The maximum Gasteiger partial charge on any atom is 0.262 e. The van der Waals surface area contributed by atoms with Gasteiger partial charge in [0.15, 0.2) is 0 Å². The largest absolute Gasteiger partial charge is 0.351 e. The number of alkyl halides is 2. The molecule has 0 spiro atoms. The molecule has 2 aromatic carbocycles. The van der Waals surface area contributed by atoms with E-state index in [9.17, 15) is 13.6 Å². The van der Waals surface area contributed by atoms with Crippen molar-refractivity contribution in [2.75, 3.05) is 6.54 Å². The molecule has 134 valence electrons. The van der Waals surface area contributed by atoms with Gasteiger partial charge in [0, 0.05) is 18.7 Å². The van der Waals surface area contributed by atoms with Crippen molar-refractivity contribution in [3.05, 3.63) is 60.4 Å². The number of aromatic nitrogens is 2. The summed E-state index contributed by atoms with van der Waals surface area (Å²) in [5.74, 6) is -3.20. The fourth-order valence-electron chi connectivity index (χ4n) is 3.15. The highest BCUT2D eigenvalue weighted by Gasteiger charge is 2.42. The molecule has 1 unspecified atom stereocenters. The second-order valence-corrected chi connectivity index (χ2v) is 6.48. The van der Waals surface area contributed by atoms with Crippen molar-refractivity contribution in [2.24, 2.45) is 0 Å². The molecule has 26 heavy (non-hydrogen) atoms. The summed E-state index contributed by atoms with van der Waals surface area (Å²) < 4.78 is 28.3. The topological polar surface area (TPSA) is 59.0 Å². The van der Waals surface area contributed by atoms with Crippen LogP contribution in [0.2, 0.25) is 0 Å². The second kappa shape index (κ2) is 6.49. The molecule has 0 radical (unpaired) electrons. The van der Waals surface area contributed by atoms with Gasteiger partial charge in [-0.1, -0.05) is 24.3 Å². The molecule has 0 bridgehead atoms. The Morgan fingerprint density at radius 3 is 2.73 bits per heavy atom. The summed E-state index contributed by atoms with van der Waals surface area (Å²) >= 11 is 0. The van der Waals surface area contributed by atoms with Crippen LogP contribution in [0.25, 0.3) is 16.7 Å². The number of nitrogens with zero attached hydrogens (tertiary/aromatic N) is 2. The number of carbonyl (C=O) groups is 1. The quantitative estimate of drug-likeness (QED) is 0.756. The molecule has 3 aromatic rings. The molecule has 5 nitrogen and oxygen atoms in total. The number of imidazole rings is 1. The van der Waals surface area contributed by atoms with Crippen molar-refractivity contribution in [1.29, 1.82) is 0 Å². The number of carbonyl (C=O) groups excluding carboxylic acids is 1. The third-order valence-electron chi connectivity index (χ3n) is 4.56. The number of rotatable bonds is 4. The van der Waals surface area contributed by atoms with Crippen molar-refractivity contribution >= 4 is 16.9 Å². The Morgan fingerprint density at radius 1 is 1.23 bits per heavy atom. The van der Waals surface area contributed by atoms with Gasteiger partial charge in [-0.05, 0) is 29.8 Å². The molecular weight excluding hydrogens is 338 g/mol. The molecule has 1 amide bonds. The van der Waals surface area contributed by atoms with Gasteiger partial charge in [-0.25, -0.2) is 13.8 Å². The van der Waals surface area contributed by atoms with Crippen molar-refractivity contribution in [1.82, 2.24) is 20.2 Å². The lowest BCUT2D eigenvalue weighted by Gasteiger charge is -2.12. The summed E-state index contributed by atoms with van der Waals surface area (Å²) in [7, 11) is 0. The minimum absolute atomic E-state index is 0.299. The predicted molar refractivity (Wildman–Crippen MR) is 94.3 cm³/mol. The van der Waals surface area contributed by atoms with E-state index in [1.807, 2.05) is 53.1 Å². The fourth-order valence-corrected chi connectivity index (χ4v) is 3.15. The summed E-state index contributed by atoms with van der Waals surface area (Å²) in [5, 5.41) is 5.26. The Morgan fingerprint density at radius 2 is 2.00 bits per heavy atom. The van der Waals surface area contributed by atoms with Crippen molar-refractivity contribution in [3.8, 4) is 5.69 Å². The van der Waals surface area contributed by atoms with Gasteiger partial charge in [-0.15, -0.1) is 0 Å². The summed E-state index contributed by atoms with van der Waals surface area (Å²) in [4.78, 5) is 16.4. The molecule has 1 saturated heterocycles. The van der Waals surface area contributed by atoms with E-state index < -0.39 is 30.8 Å². The van der Waals surface area contributed by atoms with E-state index in [4.69, 9.17) is 0 Å². The van der Waals surface area contributed by atoms with Crippen LogP contribution in [0.15, 0.2) is 54.9 Å². The van der Waals surface area contributed by atoms with Crippen LogP contribution >= 0.6 is 0 Å². The number of hydrogen-bond donors (Lipinski definition) is 2. The summed E-state index contributed by atoms with van der Waals surface area (Å²) in [5.41, 5.74) is 3.80. The first-order valence-electron chi connectivity index (χ1n) is 8.42. The number of halogens is 2. The average molecular weight is 356 g/mol. The molecule has 1 aromatic heterocycles. The highest BCUT2D eigenvalue weighted by atomic mass is 19.3. The van der Waals surface area contributed by atoms with Gasteiger partial charge in [0.1, 0.15) is 6.33 Å². The highest BCUT2D eigenvalue weighted by Crippen LogP contribution is 2.25. The van der Waals surface area contributed by atoms with Crippen LogP contribution in [0.4, 0.5) is 8.78 Å². The zero-order chi connectivity index (χ0) is 18.1. The Bertz CT molecular complexity index is 936. The maximum atomic E-state index is 13.2. The molecule has 2 N–H and O–H groups in total. The second-order valence-electron chi connectivity index (χ2n) is 6.48. The van der Waals surface area contributed by atoms with Gasteiger partial charge >= 0.3 is 0 Å². The normalized spacial score (nSPS) is 18.9. The van der Waals surface area contributed by atoms with Gasteiger partial charge in [-0.2, -0.15) is 0 Å².